The summed E-state index contributed by atoms with van der Waals surface area (Å²) in [5, 5.41) is 7.43. The third kappa shape index (κ3) is 3.75. The second-order valence-electron chi connectivity index (χ2n) is 5.33. The molecule has 1 amide bonds. The highest BCUT2D eigenvalue weighted by atomic mass is 16.5. The first-order valence-electron chi connectivity index (χ1n) is 7.64. The lowest BCUT2D eigenvalue weighted by molar-refractivity contribution is 0.0382. The maximum Gasteiger partial charge on any atom is 0.269 e. The van der Waals surface area contributed by atoms with Crippen molar-refractivity contribution in [3.05, 3.63) is 47.5 Å². The fraction of sp³-hybridized carbons (Fsp3) is 0.438. The van der Waals surface area contributed by atoms with Crippen molar-refractivity contribution in [2.75, 3.05) is 26.9 Å². The van der Waals surface area contributed by atoms with Gasteiger partial charge in [0.05, 0.1) is 25.5 Å². The summed E-state index contributed by atoms with van der Waals surface area (Å²) in [5.41, 5.74) is 2.47. The van der Waals surface area contributed by atoms with Gasteiger partial charge in [-0.3, -0.25) is 14.5 Å². The second-order valence-corrected chi connectivity index (χ2v) is 5.33. The van der Waals surface area contributed by atoms with Gasteiger partial charge in [0.2, 0.25) is 0 Å². The number of amides is 1. The molecule has 0 bridgehead atoms. The summed E-state index contributed by atoms with van der Waals surface area (Å²) >= 11 is 0. The molecule has 2 aromatic rings. The minimum Gasteiger partial charge on any atom is -0.383 e. The summed E-state index contributed by atoms with van der Waals surface area (Å²) in [6.45, 7) is 2.33. The van der Waals surface area contributed by atoms with Crippen molar-refractivity contribution in [1.82, 2.24) is 20.1 Å². The Morgan fingerprint density at radius 2 is 2.43 bits per heavy atom. The van der Waals surface area contributed by atoms with Crippen LogP contribution in [0, 0.1) is 0 Å². The zero-order valence-corrected chi connectivity index (χ0v) is 13.1. The number of methoxy groups -OCH3 is 1. The van der Waals surface area contributed by atoms with Crippen LogP contribution in [0.5, 0.6) is 0 Å². The van der Waals surface area contributed by atoms with Crippen molar-refractivity contribution in [3.8, 4) is 0 Å². The maximum atomic E-state index is 12.1. The summed E-state index contributed by atoms with van der Waals surface area (Å²) in [5.74, 6) is -0.208. The number of hydrogen-bond donors (Lipinski definition) is 1. The third-order valence-corrected chi connectivity index (χ3v) is 3.74. The van der Waals surface area contributed by atoms with E-state index in [1.54, 1.807) is 31.5 Å². The molecule has 1 atom stereocenters. The van der Waals surface area contributed by atoms with Crippen LogP contribution in [0.25, 0.3) is 0 Å². The van der Waals surface area contributed by atoms with Gasteiger partial charge in [0.1, 0.15) is 11.8 Å². The zero-order valence-electron chi connectivity index (χ0n) is 13.1. The molecule has 122 valence electrons. The molecule has 0 radical (unpaired) electrons. The van der Waals surface area contributed by atoms with Crippen molar-refractivity contribution in [2.24, 2.45) is 0 Å². The Morgan fingerprint density at radius 3 is 3.22 bits per heavy atom. The van der Waals surface area contributed by atoms with Gasteiger partial charge in [-0.1, -0.05) is 6.07 Å². The van der Waals surface area contributed by atoms with Crippen LogP contribution in [0.4, 0.5) is 0 Å². The van der Waals surface area contributed by atoms with Gasteiger partial charge in [-0.05, 0) is 24.1 Å². The van der Waals surface area contributed by atoms with Crippen LogP contribution >= 0.6 is 0 Å². The van der Waals surface area contributed by atoms with Crippen molar-refractivity contribution >= 4 is 5.91 Å². The van der Waals surface area contributed by atoms with Crippen molar-refractivity contribution in [2.45, 2.75) is 19.1 Å². The fourth-order valence-electron chi connectivity index (χ4n) is 2.56. The number of pyridine rings is 1. The quantitative estimate of drug-likeness (QED) is 0.859. The highest BCUT2D eigenvalue weighted by molar-refractivity contribution is 5.92. The van der Waals surface area contributed by atoms with E-state index in [9.17, 15) is 4.79 Å². The maximum absolute atomic E-state index is 12.1. The molecular weight excluding hydrogens is 296 g/mol. The molecule has 23 heavy (non-hydrogen) atoms. The topological polar surface area (TPSA) is 78.3 Å². The molecule has 0 fully saturated rings. The summed E-state index contributed by atoms with van der Waals surface area (Å²) in [6.07, 6.45) is 4.24. The standard InChI is InChI=1S/C16H20N4O3/c1-22-9-7-20-11-12-5-8-23-14(15(12)19-20)10-18-16(21)13-4-2-3-6-17-13/h2-4,6,11,14H,5,7-10H2,1H3,(H,18,21)/t14-/m0/s1. The Kier molecular flexibility index (Phi) is 4.99. The summed E-state index contributed by atoms with van der Waals surface area (Å²) in [4.78, 5) is 16.1. The van der Waals surface area contributed by atoms with E-state index < -0.39 is 0 Å². The summed E-state index contributed by atoms with van der Waals surface area (Å²) < 4.78 is 12.7. The molecular formula is C16H20N4O3. The number of carbonyl (C=O) groups excluding carboxylic acids is 1. The average Bonchev–Trinajstić information content (AvgIpc) is 3.02. The fourth-order valence-corrected chi connectivity index (χ4v) is 2.56. The molecule has 0 aromatic carbocycles. The van der Waals surface area contributed by atoms with Crippen LogP contribution in [0.1, 0.15) is 27.8 Å². The van der Waals surface area contributed by atoms with Gasteiger partial charge in [0.15, 0.2) is 0 Å². The van der Waals surface area contributed by atoms with E-state index in [2.05, 4.69) is 15.4 Å². The highest BCUT2D eigenvalue weighted by Gasteiger charge is 2.25. The third-order valence-electron chi connectivity index (χ3n) is 3.74. The van der Waals surface area contributed by atoms with Gasteiger partial charge in [-0.15, -0.1) is 0 Å². The van der Waals surface area contributed by atoms with Crippen LogP contribution in [0.2, 0.25) is 0 Å². The van der Waals surface area contributed by atoms with Gasteiger partial charge in [0, 0.05) is 26.0 Å². The number of aromatic nitrogens is 3. The van der Waals surface area contributed by atoms with Crippen LogP contribution in [0.15, 0.2) is 30.6 Å². The summed E-state index contributed by atoms with van der Waals surface area (Å²) in [7, 11) is 1.67. The number of nitrogens with one attached hydrogen (secondary N) is 1. The monoisotopic (exact) mass is 316 g/mol. The SMILES string of the molecule is COCCn1cc2c(n1)[C@H](CNC(=O)c1ccccn1)OCC2. The van der Waals surface area contributed by atoms with E-state index in [1.807, 2.05) is 10.9 Å². The Morgan fingerprint density at radius 1 is 1.52 bits per heavy atom. The van der Waals surface area contributed by atoms with Gasteiger partial charge < -0.3 is 14.8 Å². The van der Waals surface area contributed by atoms with Gasteiger partial charge >= 0.3 is 0 Å². The zero-order chi connectivity index (χ0) is 16.1. The highest BCUT2D eigenvalue weighted by Crippen LogP contribution is 2.25. The average molecular weight is 316 g/mol. The number of fused-ring (bicyclic) bond motifs is 1. The molecule has 3 heterocycles. The van der Waals surface area contributed by atoms with Crippen LogP contribution in [-0.2, 0) is 22.4 Å². The molecule has 0 saturated carbocycles. The van der Waals surface area contributed by atoms with Gasteiger partial charge in [-0.2, -0.15) is 5.10 Å². The normalized spacial score (nSPS) is 16.8. The van der Waals surface area contributed by atoms with Crippen molar-refractivity contribution in [1.29, 1.82) is 0 Å². The van der Waals surface area contributed by atoms with Crippen LogP contribution < -0.4 is 5.32 Å². The minimum absolute atomic E-state index is 0.208. The van der Waals surface area contributed by atoms with E-state index >= 15 is 0 Å². The molecule has 0 aliphatic carbocycles. The van der Waals surface area contributed by atoms with Gasteiger partial charge in [-0.25, -0.2) is 0 Å². The predicted molar refractivity (Wildman–Crippen MR) is 83.1 cm³/mol. The minimum atomic E-state index is -0.227. The first-order valence-corrected chi connectivity index (χ1v) is 7.64. The van der Waals surface area contributed by atoms with E-state index in [-0.39, 0.29) is 12.0 Å². The Balaban J connectivity index is 1.64. The van der Waals surface area contributed by atoms with Crippen LogP contribution in [0.3, 0.4) is 0 Å². The number of hydrogen-bond acceptors (Lipinski definition) is 5. The molecule has 1 N–H and O–H groups in total. The predicted octanol–water partition coefficient (Wildman–Crippen LogP) is 0.968. The lowest BCUT2D eigenvalue weighted by Crippen LogP contribution is -2.32. The number of rotatable bonds is 6. The number of ether oxygens (including phenoxy) is 2. The molecule has 1 aliphatic heterocycles. The molecule has 0 saturated heterocycles. The van der Waals surface area contributed by atoms with E-state index in [1.165, 1.54) is 5.56 Å². The van der Waals surface area contributed by atoms with Crippen molar-refractivity contribution in [3.63, 3.8) is 0 Å². The van der Waals surface area contributed by atoms with Crippen LogP contribution in [-0.4, -0.2) is 47.5 Å². The number of carbonyl (C=O) groups is 1. The Bertz CT molecular complexity index is 657. The molecule has 2 aromatic heterocycles. The smallest absolute Gasteiger partial charge is 0.269 e. The van der Waals surface area contributed by atoms with E-state index in [0.717, 1.165) is 12.1 Å². The molecule has 1 aliphatic rings. The van der Waals surface area contributed by atoms with E-state index in [4.69, 9.17) is 9.47 Å². The Labute approximate surface area is 134 Å². The molecule has 0 unspecified atom stereocenters. The summed E-state index contributed by atoms with van der Waals surface area (Å²) in [6, 6.07) is 5.25. The molecule has 3 rings (SSSR count). The molecule has 0 spiro atoms. The van der Waals surface area contributed by atoms with Gasteiger partial charge in [0.25, 0.3) is 5.91 Å². The molecule has 7 nitrogen and oxygen atoms in total. The largest absolute Gasteiger partial charge is 0.383 e. The lowest BCUT2D eigenvalue weighted by atomic mass is 10.1. The van der Waals surface area contributed by atoms with E-state index in [0.29, 0.717) is 32.0 Å². The first kappa shape index (κ1) is 15.6. The Hall–Kier alpha value is -2.25. The lowest BCUT2D eigenvalue weighted by Gasteiger charge is -2.22. The molecule has 7 heteroatoms. The number of nitrogens with zero attached hydrogens (tertiary/aromatic N) is 3. The van der Waals surface area contributed by atoms with Crippen molar-refractivity contribution < 1.29 is 14.3 Å². The second kappa shape index (κ2) is 7.34. The first-order chi connectivity index (χ1) is 11.3.